The number of hydrogen-bond acceptors (Lipinski definition) is 6. The summed E-state index contributed by atoms with van der Waals surface area (Å²) < 4.78 is 18.7. The molecule has 1 aromatic heterocycles. The highest BCUT2D eigenvalue weighted by Gasteiger charge is 2.25. The molecular weight excluding hydrogens is 430 g/mol. The van der Waals surface area contributed by atoms with Crippen molar-refractivity contribution in [3.05, 3.63) is 52.3 Å². The first kappa shape index (κ1) is 27.2. The lowest BCUT2D eigenvalue weighted by Crippen LogP contribution is -2.22. The molecule has 0 bridgehead atoms. The molecule has 0 aliphatic carbocycles. The number of nitrogens with zero attached hydrogens (tertiary/aromatic N) is 3. The van der Waals surface area contributed by atoms with Crippen molar-refractivity contribution in [2.24, 2.45) is 4.99 Å². The van der Waals surface area contributed by atoms with Crippen molar-refractivity contribution in [3.63, 3.8) is 0 Å². The molecule has 34 heavy (non-hydrogen) atoms. The number of rotatable bonds is 8. The average Bonchev–Trinajstić information content (AvgIpc) is 3.03. The Hall–Kier alpha value is -3.09. The smallest absolute Gasteiger partial charge is 0.452 e. The first-order valence-electron chi connectivity index (χ1n) is 11.7. The third kappa shape index (κ3) is 6.72. The molecule has 1 heterocycles. The summed E-state index contributed by atoms with van der Waals surface area (Å²) >= 11 is 0. The summed E-state index contributed by atoms with van der Waals surface area (Å²) in [6.07, 6.45) is -0.193. The van der Waals surface area contributed by atoms with Crippen LogP contribution in [0.3, 0.4) is 0 Å². The zero-order chi connectivity index (χ0) is 25.6. The topological polar surface area (TPSA) is 74.9 Å². The molecule has 0 aliphatic rings. The van der Waals surface area contributed by atoms with Gasteiger partial charge in [-0.1, -0.05) is 45.0 Å². The number of carbonyl (C=O) groups is 1. The van der Waals surface area contributed by atoms with Gasteiger partial charge >= 0.3 is 6.16 Å². The summed E-state index contributed by atoms with van der Waals surface area (Å²) in [5, 5.41) is 4.67. The van der Waals surface area contributed by atoms with E-state index < -0.39 is 12.4 Å². The van der Waals surface area contributed by atoms with E-state index in [1.807, 2.05) is 25.5 Å². The fourth-order valence-electron chi connectivity index (χ4n) is 3.52. The molecule has 0 fully saturated rings. The van der Waals surface area contributed by atoms with Crippen molar-refractivity contribution in [1.82, 2.24) is 9.78 Å². The summed E-state index contributed by atoms with van der Waals surface area (Å²) in [4.78, 5) is 16.4. The van der Waals surface area contributed by atoms with Crippen molar-refractivity contribution >= 4 is 23.7 Å². The van der Waals surface area contributed by atoms with Gasteiger partial charge in [0.25, 0.3) is 0 Å². The number of allylic oxidation sites excluding steroid dienone is 1. The van der Waals surface area contributed by atoms with Gasteiger partial charge in [-0.25, -0.2) is 4.79 Å². The lowest BCUT2D eigenvalue weighted by molar-refractivity contribution is -0.0735. The van der Waals surface area contributed by atoms with Crippen LogP contribution < -0.4 is 0 Å². The first-order chi connectivity index (χ1) is 15.9. The summed E-state index contributed by atoms with van der Waals surface area (Å²) in [5.41, 5.74) is 5.69. The molecule has 0 spiro atoms. The summed E-state index contributed by atoms with van der Waals surface area (Å²) in [7, 11) is 1.72. The predicted molar refractivity (Wildman–Crippen MR) is 137 cm³/mol. The lowest BCUT2D eigenvalue weighted by Gasteiger charge is -2.22. The second kappa shape index (κ2) is 11.4. The van der Waals surface area contributed by atoms with Gasteiger partial charge in [-0.15, -0.1) is 0 Å². The third-order valence-corrected chi connectivity index (χ3v) is 5.38. The molecular formula is C27H39N3O4. The van der Waals surface area contributed by atoms with E-state index in [1.165, 1.54) is 5.56 Å². The molecule has 186 valence electrons. The van der Waals surface area contributed by atoms with E-state index in [0.717, 1.165) is 28.1 Å². The van der Waals surface area contributed by atoms with Gasteiger partial charge in [-0.05, 0) is 51.2 Å². The summed E-state index contributed by atoms with van der Waals surface area (Å²) in [5.74, 6) is 0.541. The van der Waals surface area contributed by atoms with Crippen LogP contribution in [0.2, 0.25) is 0 Å². The summed E-state index contributed by atoms with van der Waals surface area (Å²) in [6, 6.07) is 8.36. The van der Waals surface area contributed by atoms with Crippen molar-refractivity contribution in [3.8, 4) is 0 Å². The molecule has 0 saturated carbocycles. The fourth-order valence-corrected chi connectivity index (χ4v) is 3.52. The van der Waals surface area contributed by atoms with Gasteiger partial charge in [0.05, 0.1) is 11.8 Å². The molecule has 1 atom stereocenters. The zero-order valence-corrected chi connectivity index (χ0v) is 22.2. The molecule has 0 N–H and O–H groups in total. The Morgan fingerprint density at radius 1 is 1.09 bits per heavy atom. The largest absolute Gasteiger partial charge is 0.511 e. The maximum absolute atomic E-state index is 12.1. The monoisotopic (exact) mass is 469 g/mol. The van der Waals surface area contributed by atoms with Crippen LogP contribution in [0.25, 0.3) is 11.3 Å². The van der Waals surface area contributed by atoms with Crippen LogP contribution >= 0.6 is 0 Å². The number of aliphatic imine (C=N–C) groups is 1. The maximum Gasteiger partial charge on any atom is 0.511 e. The van der Waals surface area contributed by atoms with Crippen LogP contribution in [0.15, 0.2) is 29.3 Å². The Balaban J connectivity index is 2.67. The normalized spacial score (nSPS) is 13.7. The van der Waals surface area contributed by atoms with Crippen LogP contribution in [0.4, 0.5) is 4.79 Å². The van der Waals surface area contributed by atoms with Gasteiger partial charge in [0.2, 0.25) is 6.29 Å². The number of aromatic nitrogens is 2. The summed E-state index contributed by atoms with van der Waals surface area (Å²) in [6.45, 7) is 18.4. The Morgan fingerprint density at radius 3 is 2.21 bits per heavy atom. The molecule has 0 radical (unpaired) electrons. The Bertz CT molecular complexity index is 1040. The van der Waals surface area contributed by atoms with E-state index in [-0.39, 0.29) is 11.5 Å². The molecule has 0 amide bonds. The number of hydrogen-bond donors (Lipinski definition) is 0. The second-order valence-corrected chi connectivity index (χ2v) is 9.55. The second-order valence-electron chi connectivity index (χ2n) is 9.55. The standard InChI is InChI=1S/C27H39N3O4/c1-11-30-24(18(4)19(5)29-30)25(33-20(6)34-26(31)32-17(2)3)23(16-28-10)21-12-14-22(15-13-21)27(7,8)9/h12-17,20H,11H2,1-10H3/b25-23-,28-16?. The number of benzene rings is 1. The molecule has 7 nitrogen and oxygen atoms in total. The minimum absolute atomic E-state index is 0.0360. The first-order valence-corrected chi connectivity index (χ1v) is 11.7. The van der Waals surface area contributed by atoms with E-state index in [1.54, 1.807) is 34.0 Å². The SMILES string of the molecule is CCn1nc(C)c(C)c1/C(OC(C)OC(=O)OC(C)C)=C(\C=NC)c1ccc(C(C)(C)C)cc1. The van der Waals surface area contributed by atoms with Crippen LogP contribution in [-0.4, -0.2) is 41.6 Å². The van der Waals surface area contributed by atoms with E-state index in [2.05, 4.69) is 55.1 Å². The van der Waals surface area contributed by atoms with Crippen LogP contribution in [0.5, 0.6) is 0 Å². The van der Waals surface area contributed by atoms with Crippen LogP contribution in [-0.2, 0) is 26.2 Å². The highest BCUT2D eigenvalue weighted by Crippen LogP contribution is 2.32. The minimum Gasteiger partial charge on any atom is -0.452 e. The van der Waals surface area contributed by atoms with Gasteiger partial charge in [0.15, 0.2) is 5.76 Å². The molecule has 0 saturated heterocycles. The van der Waals surface area contributed by atoms with Gasteiger partial charge in [-0.2, -0.15) is 5.10 Å². The van der Waals surface area contributed by atoms with Crippen LogP contribution in [0, 0.1) is 13.8 Å². The van der Waals surface area contributed by atoms with Crippen molar-refractivity contribution in [1.29, 1.82) is 0 Å². The fraction of sp³-hybridized carbons (Fsp3) is 0.519. The highest BCUT2D eigenvalue weighted by atomic mass is 16.8. The van der Waals surface area contributed by atoms with Gasteiger partial charge in [-0.3, -0.25) is 9.67 Å². The minimum atomic E-state index is -0.893. The quantitative estimate of drug-likeness (QED) is 0.196. The van der Waals surface area contributed by atoms with Gasteiger partial charge in [0, 0.05) is 37.9 Å². The Kier molecular flexibility index (Phi) is 9.07. The third-order valence-electron chi connectivity index (χ3n) is 5.38. The molecule has 2 aromatic rings. The van der Waals surface area contributed by atoms with E-state index in [0.29, 0.717) is 12.3 Å². The number of ether oxygens (including phenoxy) is 3. The Labute approximate surface area is 203 Å². The van der Waals surface area contributed by atoms with Gasteiger partial charge < -0.3 is 14.2 Å². The highest BCUT2D eigenvalue weighted by molar-refractivity contribution is 6.18. The molecule has 0 aliphatic heterocycles. The zero-order valence-electron chi connectivity index (χ0n) is 22.2. The van der Waals surface area contributed by atoms with Crippen molar-refractivity contribution < 1.29 is 19.0 Å². The Morgan fingerprint density at radius 2 is 1.71 bits per heavy atom. The number of carbonyl (C=O) groups excluding carboxylic acids is 1. The van der Waals surface area contributed by atoms with Crippen molar-refractivity contribution in [2.75, 3.05) is 7.05 Å². The van der Waals surface area contributed by atoms with E-state index in [4.69, 9.17) is 14.2 Å². The van der Waals surface area contributed by atoms with Crippen molar-refractivity contribution in [2.45, 2.75) is 86.7 Å². The molecule has 2 rings (SSSR count). The predicted octanol–water partition coefficient (Wildman–Crippen LogP) is 6.31. The molecule has 1 aromatic carbocycles. The van der Waals surface area contributed by atoms with E-state index >= 15 is 0 Å². The molecule has 1 unspecified atom stereocenters. The van der Waals surface area contributed by atoms with Gasteiger partial charge in [0.1, 0.15) is 5.69 Å². The lowest BCUT2D eigenvalue weighted by atomic mass is 9.86. The molecule has 7 heteroatoms. The van der Waals surface area contributed by atoms with Crippen LogP contribution in [0.1, 0.15) is 76.5 Å². The number of aryl methyl sites for hydroxylation is 2. The van der Waals surface area contributed by atoms with E-state index in [9.17, 15) is 4.79 Å². The maximum atomic E-state index is 12.1. The average molecular weight is 470 g/mol.